The summed E-state index contributed by atoms with van der Waals surface area (Å²) >= 11 is 6.92. The number of unbranched alkanes of at least 4 members (excludes halogenated alkanes) is 2. The average molecular weight is 551 g/mol. The van der Waals surface area contributed by atoms with Crippen molar-refractivity contribution in [2.24, 2.45) is 5.92 Å². The summed E-state index contributed by atoms with van der Waals surface area (Å²) in [5.74, 6) is 0.930. The molecule has 2 aromatic rings. The Labute approximate surface area is 236 Å². The van der Waals surface area contributed by atoms with Gasteiger partial charge in [0.15, 0.2) is 0 Å². The zero-order chi connectivity index (χ0) is 27.7. The molecule has 3 rings (SSSR count). The topological polar surface area (TPSA) is 78.1 Å². The van der Waals surface area contributed by atoms with E-state index in [4.69, 9.17) is 12.2 Å². The van der Waals surface area contributed by atoms with Gasteiger partial charge in [-0.25, -0.2) is 0 Å². The fraction of sp³-hybridized carbons (Fsp3) is 0.467. The van der Waals surface area contributed by atoms with Crippen molar-refractivity contribution < 1.29 is 4.79 Å². The summed E-state index contributed by atoms with van der Waals surface area (Å²) in [6, 6.07) is 12.1. The number of carbonyl (C=O) groups excluding carboxylic acids is 1. The summed E-state index contributed by atoms with van der Waals surface area (Å²) in [7, 11) is 0. The summed E-state index contributed by atoms with van der Waals surface area (Å²) in [5.41, 5.74) is 2.13. The molecule has 1 aromatic carbocycles. The lowest BCUT2D eigenvalue weighted by Crippen LogP contribution is -2.33. The number of nitriles is 1. The minimum atomic E-state index is -0.305. The van der Waals surface area contributed by atoms with Gasteiger partial charge in [0.25, 0.3) is 11.5 Å². The third-order valence-electron chi connectivity index (χ3n) is 7.05. The van der Waals surface area contributed by atoms with E-state index in [0.717, 1.165) is 44.1 Å². The van der Waals surface area contributed by atoms with Gasteiger partial charge in [-0.1, -0.05) is 101 Å². The van der Waals surface area contributed by atoms with Crippen LogP contribution in [0.25, 0.3) is 6.08 Å². The van der Waals surface area contributed by atoms with E-state index < -0.39 is 0 Å². The van der Waals surface area contributed by atoms with Crippen LogP contribution < -0.4 is 10.9 Å². The molecule has 0 bridgehead atoms. The van der Waals surface area contributed by atoms with Crippen LogP contribution in [-0.4, -0.2) is 26.2 Å². The van der Waals surface area contributed by atoms with Crippen molar-refractivity contribution >= 4 is 46.1 Å². The van der Waals surface area contributed by atoms with Gasteiger partial charge in [-0.3, -0.25) is 19.1 Å². The highest BCUT2D eigenvalue weighted by molar-refractivity contribution is 8.26. The minimum Gasteiger partial charge on any atom is -0.367 e. The Morgan fingerprint density at radius 2 is 1.84 bits per heavy atom. The van der Waals surface area contributed by atoms with Gasteiger partial charge in [-0.05, 0) is 42.9 Å². The summed E-state index contributed by atoms with van der Waals surface area (Å²) in [6.45, 7) is 9.80. The maximum Gasteiger partial charge on any atom is 0.270 e. The van der Waals surface area contributed by atoms with Crippen LogP contribution in [0.4, 0.5) is 5.82 Å². The van der Waals surface area contributed by atoms with Crippen LogP contribution in [0, 0.1) is 24.2 Å². The summed E-state index contributed by atoms with van der Waals surface area (Å²) in [5, 5.41) is 13.3. The fourth-order valence-corrected chi connectivity index (χ4v) is 5.89. The molecule has 1 atom stereocenters. The summed E-state index contributed by atoms with van der Waals surface area (Å²) in [6.07, 6.45) is 7.85. The third kappa shape index (κ3) is 6.95. The lowest BCUT2D eigenvalue weighted by atomic mass is 9.99. The number of nitrogens with zero attached hydrogens (tertiary/aromatic N) is 3. The fourth-order valence-electron chi connectivity index (χ4n) is 4.63. The molecular weight excluding hydrogens is 512 g/mol. The Balaban J connectivity index is 2.06. The van der Waals surface area contributed by atoms with Crippen molar-refractivity contribution in [3.63, 3.8) is 0 Å². The second-order valence-electron chi connectivity index (χ2n) is 9.73. The first kappa shape index (κ1) is 29.7. The van der Waals surface area contributed by atoms with Crippen LogP contribution in [-0.2, 0) is 17.9 Å². The SMILES string of the molecule is CCCCC(CC)CN1C(=O)/C(=C\c2c(C)c(C#N)c(=O)n(CCCC)c2NCc2ccccc2)SC1=S. The average Bonchev–Trinajstić information content (AvgIpc) is 3.18. The van der Waals surface area contributed by atoms with Crippen molar-refractivity contribution in [3.8, 4) is 6.07 Å². The van der Waals surface area contributed by atoms with E-state index in [0.29, 0.717) is 51.7 Å². The molecule has 0 saturated carbocycles. The van der Waals surface area contributed by atoms with Crippen LogP contribution in [0.5, 0.6) is 0 Å². The Hall–Kier alpha value is -2.89. The number of carbonyl (C=O) groups is 1. The summed E-state index contributed by atoms with van der Waals surface area (Å²) in [4.78, 5) is 29.1. The number of thioether (sulfide) groups is 1. The molecule has 202 valence electrons. The van der Waals surface area contributed by atoms with Crippen molar-refractivity contribution in [2.45, 2.75) is 79.3 Å². The molecule has 1 saturated heterocycles. The molecule has 1 N–H and O–H groups in total. The molecule has 0 radical (unpaired) electrons. The maximum atomic E-state index is 13.5. The lowest BCUT2D eigenvalue weighted by Gasteiger charge is -2.22. The van der Waals surface area contributed by atoms with Gasteiger partial charge >= 0.3 is 0 Å². The number of amides is 1. The van der Waals surface area contributed by atoms with Crippen LogP contribution in [0.15, 0.2) is 40.0 Å². The van der Waals surface area contributed by atoms with Crippen molar-refractivity contribution in [1.29, 1.82) is 5.26 Å². The highest BCUT2D eigenvalue weighted by Gasteiger charge is 2.34. The van der Waals surface area contributed by atoms with Crippen molar-refractivity contribution in [2.75, 3.05) is 11.9 Å². The number of anilines is 1. The molecule has 38 heavy (non-hydrogen) atoms. The minimum absolute atomic E-state index is 0.104. The molecule has 0 spiro atoms. The standard InChI is InChI=1S/C30H38N4O2S2/c1-5-8-13-22(7-3)20-34-29(36)26(38-30(34)37)17-24-21(4)25(18-31)28(35)33(16-9-6-2)27(24)32-19-23-14-11-10-12-15-23/h10-12,14-15,17,22,32H,5-9,13,16,19-20H2,1-4H3/b26-17+. The lowest BCUT2D eigenvalue weighted by molar-refractivity contribution is -0.122. The number of benzene rings is 1. The van der Waals surface area contributed by atoms with Gasteiger partial charge in [0.05, 0.1) is 4.91 Å². The zero-order valence-electron chi connectivity index (χ0n) is 22.9. The largest absolute Gasteiger partial charge is 0.367 e. The first-order chi connectivity index (χ1) is 18.4. The van der Waals surface area contributed by atoms with Crippen LogP contribution in [0.1, 0.15) is 81.5 Å². The monoisotopic (exact) mass is 550 g/mol. The van der Waals surface area contributed by atoms with E-state index in [1.165, 1.54) is 11.8 Å². The number of aromatic nitrogens is 1. The normalized spacial score (nSPS) is 15.2. The molecule has 1 aromatic heterocycles. The first-order valence-electron chi connectivity index (χ1n) is 13.6. The van der Waals surface area contributed by atoms with Crippen molar-refractivity contribution in [1.82, 2.24) is 9.47 Å². The van der Waals surface area contributed by atoms with Crippen LogP contribution in [0.3, 0.4) is 0 Å². The first-order valence-corrected chi connectivity index (χ1v) is 14.8. The third-order valence-corrected chi connectivity index (χ3v) is 8.42. The number of nitrogens with one attached hydrogen (secondary N) is 1. The molecule has 1 fully saturated rings. The van der Waals surface area contributed by atoms with Gasteiger partial charge in [0.1, 0.15) is 21.8 Å². The second-order valence-corrected chi connectivity index (χ2v) is 11.4. The molecule has 0 aliphatic carbocycles. The molecule has 1 amide bonds. The number of thiocarbonyl (C=S) groups is 1. The predicted octanol–water partition coefficient (Wildman–Crippen LogP) is 6.86. The molecule has 1 aliphatic heterocycles. The van der Waals surface area contributed by atoms with E-state index >= 15 is 0 Å². The zero-order valence-corrected chi connectivity index (χ0v) is 24.5. The van der Waals surface area contributed by atoms with E-state index in [-0.39, 0.29) is 17.0 Å². The predicted molar refractivity (Wildman–Crippen MR) is 162 cm³/mol. The van der Waals surface area contributed by atoms with Gasteiger partial charge in [0.2, 0.25) is 0 Å². The van der Waals surface area contributed by atoms with Gasteiger partial charge < -0.3 is 5.32 Å². The van der Waals surface area contributed by atoms with Gasteiger partial charge in [-0.15, -0.1) is 0 Å². The molecular formula is C30H38N4O2S2. The Bertz CT molecular complexity index is 1280. The highest BCUT2D eigenvalue weighted by Crippen LogP contribution is 2.36. The molecule has 1 aliphatic rings. The Kier molecular flexibility index (Phi) is 11.2. The Morgan fingerprint density at radius 1 is 1.13 bits per heavy atom. The van der Waals surface area contributed by atoms with E-state index in [1.54, 1.807) is 16.4 Å². The van der Waals surface area contributed by atoms with E-state index in [2.05, 4.69) is 32.2 Å². The molecule has 8 heteroatoms. The summed E-state index contributed by atoms with van der Waals surface area (Å²) < 4.78 is 2.22. The number of hydrogen-bond acceptors (Lipinski definition) is 6. The smallest absolute Gasteiger partial charge is 0.270 e. The van der Waals surface area contributed by atoms with Crippen molar-refractivity contribution in [3.05, 3.63) is 67.8 Å². The van der Waals surface area contributed by atoms with Crippen LogP contribution >= 0.6 is 24.0 Å². The number of hydrogen-bond donors (Lipinski definition) is 1. The maximum absolute atomic E-state index is 13.5. The van der Waals surface area contributed by atoms with E-state index in [1.807, 2.05) is 36.4 Å². The van der Waals surface area contributed by atoms with Crippen LogP contribution in [0.2, 0.25) is 0 Å². The molecule has 1 unspecified atom stereocenters. The number of rotatable bonds is 13. The molecule has 2 heterocycles. The van der Waals surface area contributed by atoms with E-state index in [9.17, 15) is 14.9 Å². The van der Waals surface area contributed by atoms with Gasteiger partial charge in [0, 0.05) is 25.2 Å². The number of pyridine rings is 1. The molecule has 6 nitrogen and oxygen atoms in total. The highest BCUT2D eigenvalue weighted by atomic mass is 32.2. The second kappa shape index (κ2) is 14.3. The quantitative estimate of drug-likeness (QED) is 0.217. The van der Waals surface area contributed by atoms with Gasteiger partial charge in [-0.2, -0.15) is 5.26 Å². The Morgan fingerprint density at radius 3 is 2.47 bits per heavy atom.